The van der Waals surface area contributed by atoms with Gasteiger partial charge in [-0.2, -0.15) is 0 Å². The number of benzene rings is 2. The van der Waals surface area contributed by atoms with E-state index < -0.39 is 12.0 Å². The number of hydrogen-bond acceptors (Lipinski definition) is 17. The third kappa shape index (κ3) is 11.4. The van der Waals surface area contributed by atoms with E-state index in [9.17, 15) is 14.7 Å². The van der Waals surface area contributed by atoms with Crippen LogP contribution in [-0.2, 0) is 14.3 Å². The number of aromatic nitrogens is 5. The average Bonchev–Trinajstić information content (AvgIpc) is 3.84. The maximum absolute atomic E-state index is 14.4. The second kappa shape index (κ2) is 23.0. The maximum atomic E-state index is 14.4. The zero-order valence-corrected chi connectivity index (χ0v) is 47.4. The molecule has 2 amide bonds. The van der Waals surface area contributed by atoms with Crippen LogP contribution >= 0.6 is 11.3 Å². The molecule has 80 heavy (non-hydrogen) atoms. The number of amides is 2. The van der Waals surface area contributed by atoms with E-state index >= 15 is 0 Å². The Morgan fingerprint density at radius 3 is 2.39 bits per heavy atom. The fraction of sp³-hybridized carbons (Fsp3) is 0.525. The first-order chi connectivity index (χ1) is 38.8. The van der Waals surface area contributed by atoms with Crippen LogP contribution in [0.2, 0.25) is 0 Å². The number of nitrogens with one attached hydrogen (secondary N) is 1. The molecule has 0 bridgehead atoms. The molecule has 4 aliphatic heterocycles. The number of nitrogens with zero attached hydrogens (tertiary/aromatic N) is 10. The number of phenols is 1. The fourth-order valence-corrected chi connectivity index (χ4v) is 13.9. The van der Waals surface area contributed by atoms with E-state index in [4.69, 9.17) is 19.7 Å². The Morgan fingerprint density at radius 2 is 1.65 bits per heavy atom. The molecule has 2 aliphatic carbocycles. The van der Waals surface area contributed by atoms with Crippen molar-refractivity contribution in [1.29, 1.82) is 0 Å². The minimum Gasteiger partial charge on any atom is -0.507 e. The fourth-order valence-electron chi connectivity index (χ4n) is 13.0. The number of hydrogen-bond donors (Lipinski definition) is 3. The van der Waals surface area contributed by atoms with Crippen LogP contribution in [0.15, 0.2) is 89.0 Å². The number of nitrogens with two attached hydrogens (primary N) is 1. The van der Waals surface area contributed by atoms with Crippen molar-refractivity contribution in [2.45, 2.75) is 134 Å². The summed E-state index contributed by atoms with van der Waals surface area (Å²) in [6.45, 7) is 16.0. The number of carbonyl (C=O) groups excluding carboxylic acids is 2. The van der Waals surface area contributed by atoms with Gasteiger partial charge in [-0.15, -0.1) is 21.5 Å². The van der Waals surface area contributed by atoms with Crippen molar-refractivity contribution in [3.05, 3.63) is 102 Å². The van der Waals surface area contributed by atoms with Gasteiger partial charge in [0.25, 0.3) is 0 Å². The number of piperazine rings is 1. The van der Waals surface area contributed by atoms with Crippen LogP contribution < -0.4 is 30.5 Å². The number of aryl methyl sites for hydroxylation is 1. The van der Waals surface area contributed by atoms with Crippen LogP contribution in [0.1, 0.15) is 114 Å². The molecule has 12 rings (SSSR count). The monoisotopic (exact) mass is 1100 g/mol. The molecule has 3 atom stereocenters. The van der Waals surface area contributed by atoms with Crippen LogP contribution in [0.3, 0.4) is 0 Å². The molecule has 1 spiro atoms. The van der Waals surface area contributed by atoms with Gasteiger partial charge in [0, 0.05) is 101 Å². The number of anilines is 4. The van der Waals surface area contributed by atoms with Crippen molar-refractivity contribution >= 4 is 46.2 Å². The van der Waals surface area contributed by atoms with E-state index in [1.54, 1.807) is 28.4 Å². The topological polar surface area (TPSA) is 205 Å². The summed E-state index contributed by atoms with van der Waals surface area (Å²) in [7, 11) is 0. The maximum Gasteiger partial charge on any atom is 0.243 e. The Hall–Kier alpha value is -6.83. The summed E-state index contributed by atoms with van der Waals surface area (Å²) in [6.07, 6.45) is 12.0. The number of rotatable bonds is 17. The van der Waals surface area contributed by atoms with Crippen molar-refractivity contribution in [1.82, 2.24) is 40.4 Å². The van der Waals surface area contributed by atoms with Crippen LogP contribution in [0.25, 0.3) is 21.7 Å². The Morgan fingerprint density at radius 1 is 0.863 bits per heavy atom. The standard InChI is InChI=1S/C61H76N12O6S/c1-38(2)56(60(76)72-23-7-9-50(72)59(75)65-39(3)42-11-13-43(14-12-42)57-40(4)64-37-80-57)53-34-54(68-79-53)70-26-16-41(17-27-70)35-69-24-18-45(19-25-69)77-46-31-47(32-46)78-55-30-44(15-22-63-55)73-29-28-71(36-61(73)20-21-61)51-33-49(66-67-58(51)62)48-8-5-6-10-52(48)74/h5-6,8,10-15,22,30,33-34,37-39,41,45-47,50,56,74H,7,9,16-21,23-29,31-32,35-36H2,1-4H3,(H2,62,67)(H,65,75)/t39-,46?,47?,50-,56+/m0/s1. The Bertz CT molecular complexity index is 3130. The van der Waals surface area contributed by atoms with Crippen molar-refractivity contribution in [3.63, 3.8) is 0 Å². The van der Waals surface area contributed by atoms with E-state index in [0.29, 0.717) is 47.6 Å². The smallest absolute Gasteiger partial charge is 0.243 e. The number of pyridine rings is 1. The quantitative estimate of drug-likeness (QED) is 0.0779. The lowest BCUT2D eigenvalue weighted by atomic mass is 9.91. The molecule has 2 saturated carbocycles. The van der Waals surface area contributed by atoms with Gasteiger partial charge < -0.3 is 54.7 Å². The third-order valence-corrected chi connectivity index (χ3v) is 18.9. The van der Waals surface area contributed by atoms with E-state index in [-0.39, 0.29) is 53.4 Å². The van der Waals surface area contributed by atoms with Gasteiger partial charge in [-0.25, -0.2) is 9.97 Å². The van der Waals surface area contributed by atoms with Gasteiger partial charge in [-0.05, 0) is 112 Å². The lowest BCUT2D eigenvalue weighted by molar-refractivity contribution is -0.141. The van der Waals surface area contributed by atoms with E-state index in [1.165, 1.54) is 0 Å². The number of aromatic hydroxyl groups is 1. The van der Waals surface area contributed by atoms with Gasteiger partial charge >= 0.3 is 0 Å². The zero-order chi connectivity index (χ0) is 55.1. The van der Waals surface area contributed by atoms with Gasteiger partial charge in [0.05, 0.1) is 51.3 Å². The molecule has 6 aliphatic rings. The molecule has 4 aromatic heterocycles. The summed E-state index contributed by atoms with van der Waals surface area (Å²) in [6, 6.07) is 22.8. The highest BCUT2D eigenvalue weighted by Crippen LogP contribution is 2.48. The molecule has 6 aromatic rings. The molecule has 422 valence electrons. The van der Waals surface area contributed by atoms with Gasteiger partial charge in [-0.3, -0.25) is 9.59 Å². The van der Waals surface area contributed by atoms with Gasteiger partial charge in [0.15, 0.2) is 17.4 Å². The summed E-state index contributed by atoms with van der Waals surface area (Å²) in [5.41, 5.74) is 14.6. The van der Waals surface area contributed by atoms with Crippen molar-refractivity contribution < 1.29 is 28.7 Å². The third-order valence-electron chi connectivity index (χ3n) is 17.9. The van der Waals surface area contributed by atoms with E-state index in [2.05, 4.69) is 86.6 Å². The summed E-state index contributed by atoms with van der Waals surface area (Å²) < 4.78 is 19.1. The SMILES string of the molecule is Cc1ncsc1-c1ccc([C@H](C)NC(=O)[C@@H]2CCCN2C(=O)[C@@H](c2cc(N3CCC(CN4CCC(OC5CC(Oc6cc(N7CCN(c8cc(-c9ccccc9O)nnc8N)CC78CC8)ccn6)C5)CC4)CC3)no2)C(C)C)cc1. The lowest BCUT2D eigenvalue weighted by Crippen LogP contribution is -2.55. The summed E-state index contributed by atoms with van der Waals surface area (Å²) in [4.78, 5) is 49.9. The Kier molecular flexibility index (Phi) is 15.4. The number of ether oxygens (including phenoxy) is 2. The van der Waals surface area contributed by atoms with Gasteiger partial charge in [0.1, 0.15) is 23.8 Å². The highest BCUT2D eigenvalue weighted by Gasteiger charge is 2.52. The largest absolute Gasteiger partial charge is 0.507 e. The molecular formula is C61H76N12O6S. The molecule has 18 nitrogen and oxygen atoms in total. The number of phenolic OH excluding ortho intramolecular Hbond substituents is 1. The zero-order valence-electron chi connectivity index (χ0n) is 46.6. The minimum absolute atomic E-state index is 0.00194. The first kappa shape index (κ1) is 53.8. The molecular weight excluding hydrogens is 1030 g/mol. The van der Waals surface area contributed by atoms with Crippen LogP contribution in [0, 0.1) is 18.8 Å². The molecule has 2 aromatic carbocycles. The molecule has 8 heterocycles. The summed E-state index contributed by atoms with van der Waals surface area (Å²) in [5, 5.41) is 26.8. The normalized spacial score (nSPS) is 22.4. The van der Waals surface area contributed by atoms with E-state index in [1.807, 2.05) is 63.7 Å². The second-order valence-corrected chi connectivity index (χ2v) is 24.5. The Balaban J connectivity index is 0.560. The van der Waals surface area contributed by atoms with Crippen LogP contribution in [0.4, 0.5) is 23.0 Å². The van der Waals surface area contributed by atoms with Crippen molar-refractivity contribution in [2.24, 2.45) is 11.8 Å². The van der Waals surface area contributed by atoms with Crippen LogP contribution in [-0.4, -0.2) is 141 Å². The molecule has 4 N–H and O–H groups in total. The van der Waals surface area contributed by atoms with Gasteiger partial charge in [-0.1, -0.05) is 55.4 Å². The number of nitrogen functional groups attached to an aromatic ring is 1. The van der Waals surface area contributed by atoms with E-state index in [0.717, 1.165) is 149 Å². The Labute approximate surface area is 473 Å². The number of piperidine rings is 2. The molecule has 0 unspecified atom stereocenters. The van der Waals surface area contributed by atoms with Crippen LogP contribution in [0.5, 0.6) is 11.6 Å². The first-order valence-corrected chi connectivity index (χ1v) is 30.0. The summed E-state index contributed by atoms with van der Waals surface area (Å²) in [5.74, 6) is 2.42. The number of thiazole rings is 1. The molecule has 0 radical (unpaired) electrons. The highest BCUT2D eigenvalue weighted by atomic mass is 32.1. The first-order valence-electron chi connectivity index (χ1n) is 29.1. The van der Waals surface area contributed by atoms with Crippen molar-refractivity contribution in [3.8, 4) is 33.3 Å². The minimum atomic E-state index is -0.531. The average molecular weight is 1110 g/mol. The predicted octanol–water partition coefficient (Wildman–Crippen LogP) is 9.02. The highest BCUT2D eigenvalue weighted by molar-refractivity contribution is 7.13. The predicted molar refractivity (Wildman–Crippen MR) is 310 cm³/mol. The number of likely N-dealkylation sites (tertiary alicyclic amines) is 2. The summed E-state index contributed by atoms with van der Waals surface area (Å²) >= 11 is 1.62. The molecule has 19 heteroatoms. The number of para-hydroxylation sites is 1. The second-order valence-electron chi connectivity index (χ2n) is 23.7. The number of carbonyl (C=O) groups is 2. The molecule has 6 fully saturated rings. The lowest BCUT2D eigenvalue weighted by Gasteiger charge is -2.44. The van der Waals surface area contributed by atoms with Gasteiger partial charge in [0.2, 0.25) is 17.7 Å². The molecule has 4 saturated heterocycles. The van der Waals surface area contributed by atoms with Crippen molar-refractivity contribution in [2.75, 3.05) is 79.3 Å².